The number of rotatable bonds is 20. The first-order valence-electron chi connectivity index (χ1n) is 21.9. The van der Waals surface area contributed by atoms with Crippen molar-refractivity contribution in [1.82, 2.24) is 40.1 Å². The molecule has 4 aromatic rings. The van der Waals surface area contributed by atoms with E-state index in [0.717, 1.165) is 77.0 Å². The quantitative estimate of drug-likeness (QED) is 0.0682. The number of aliphatic hydroxyl groups excluding tert-OH is 1. The lowest BCUT2D eigenvalue weighted by atomic mass is 9.99. The number of anilines is 1. The summed E-state index contributed by atoms with van der Waals surface area (Å²) in [6, 6.07) is 7.20. The number of carbonyl (C=O) groups excluding carboxylic acids is 5. The summed E-state index contributed by atoms with van der Waals surface area (Å²) >= 11 is 14.7. The molecular formula is C45H57Cl2N9O6S. The number of nitrogens with one attached hydrogen (secondary N) is 3. The summed E-state index contributed by atoms with van der Waals surface area (Å²) in [5.74, 6) is -0.533. The van der Waals surface area contributed by atoms with Crippen LogP contribution in [0.1, 0.15) is 73.9 Å². The first kappa shape index (κ1) is 46.3. The number of aromatic nitrogens is 3. The zero-order valence-corrected chi connectivity index (χ0v) is 38.3. The van der Waals surface area contributed by atoms with Gasteiger partial charge in [0.05, 0.1) is 32.3 Å². The Kier molecular flexibility index (Phi) is 15.6. The lowest BCUT2D eigenvalue weighted by Crippen LogP contribution is -2.58. The topological polar surface area (TPSA) is 176 Å². The smallest absolute Gasteiger partial charge is 0.250 e. The maximum absolute atomic E-state index is 13.4. The number of aliphatic hydroxyl groups is 1. The van der Waals surface area contributed by atoms with E-state index in [9.17, 15) is 29.1 Å². The molecule has 0 saturated carbocycles. The van der Waals surface area contributed by atoms with Crippen molar-refractivity contribution in [3.63, 3.8) is 0 Å². The van der Waals surface area contributed by atoms with Crippen LogP contribution in [-0.2, 0) is 49.9 Å². The van der Waals surface area contributed by atoms with Crippen LogP contribution in [0.4, 0.5) is 5.00 Å². The summed E-state index contributed by atoms with van der Waals surface area (Å²) < 4.78 is 1.59. The number of piperazine rings is 1. The van der Waals surface area contributed by atoms with E-state index in [1.54, 1.807) is 44.2 Å². The van der Waals surface area contributed by atoms with E-state index in [4.69, 9.17) is 23.2 Å². The zero-order valence-electron chi connectivity index (χ0n) is 36.0. The molecule has 0 aliphatic carbocycles. The summed E-state index contributed by atoms with van der Waals surface area (Å²) in [5.41, 5.74) is 3.91. The molecule has 2 unspecified atom stereocenters. The van der Waals surface area contributed by atoms with Crippen molar-refractivity contribution in [3.05, 3.63) is 68.8 Å². The maximum atomic E-state index is 13.4. The van der Waals surface area contributed by atoms with Crippen molar-refractivity contribution in [2.24, 2.45) is 0 Å². The number of likely N-dealkylation sites (N-methyl/N-ethyl adjacent to an activating group) is 1. The highest BCUT2D eigenvalue weighted by molar-refractivity contribution is 7.16. The van der Waals surface area contributed by atoms with Gasteiger partial charge in [-0.1, -0.05) is 55.0 Å². The lowest BCUT2D eigenvalue weighted by Gasteiger charge is -2.39. The molecule has 3 aliphatic heterocycles. The van der Waals surface area contributed by atoms with Crippen LogP contribution in [0.15, 0.2) is 42.6 Å². The fourth-order valence-corrected chi connectivity index (χ4v) is 10.2. The Labute approximate surface area is 381 Å². The Hall–Kier alpha value is -4.74. The van der Waals surface area contributed by atoms with E-state index >= 15 is 0 Å². The largest absolute Gasteiger partial charge is 0.387 e. The number of amides is 5. The number of fused-ring (bicyclic) bond motifs is 5. The van der Waals surface area contributed by atoms with Gasteiger partial charge in [0.1, 0.15) is 19.2 Å². The molecule has 338 valence electrons. The van der Waals surface area contributed by atoms with Crippen LogP contribution >= 0.6 is 34.5 Å². The van der Waals surface area contributed by atoms with Crippen molar-refractivity contribution in [2.75, 3.05) is 58.3 Å². The van der Waals surface area contributed by atoms with Crippen LogP contribution in [0.5, 0.6) is 0 Å². The number of nitrogens with zero attached hydrogens (tertiary/aromatic N) is 6. The summed E-state index contributed by atoms with van der Waals surface area (Å²) in [7, 11) is 3.89. The van der Waals surface area contributed by atoms with Gasteiger partial charge in [-0.05, 0) is 70.5 Å². The van der Waals surface area contributed by atoms with Crippen molar-refractivity contribution in [2.45, 2.75) is 95.8 Å². The molecule has 63 heavy (non-hydrogen) atoms. The van der Waals surface area contributed by atoms with Gasteiger partial charge in [0.15, 0.2) is 0 Å². The molecule has 2 atom stereocenters. The van der Waals surface area contributed by atoms with Crippen molar-refractivity contribution in [1.29, 1.82) is 0 Å². The number of hydrogen-bond acceptors (Lipinski definition) is 9. The van der Waals surface area contributed by atoms with Crippen molar-refractivity contribution in [3.8, 4) is 11.3 Å². The van der Waals surface area contributed by atoms with E-state index in [0.29, 0.717) is 86.2 Å². The third kappa shape index (κ3) is 11.1. The van der Waals surface area contributed by atoms with E-state index in [1.165, 1.54) is 0 Å². The highest BCUT2D eigenvalue weighted by Gasteiger charge is 2.47. The average Bonchev–Trinajstić information content (AvgIpc) is 4.08. The highest BCUT2D eigenvalue weighted by Crippen LogP contribution is 2.42. The van der Waals surface area contributed by atoms with Crippen LogP contribution in [0.25, 0.3) is 22.2 Å². The molecule has 4 N–H and O–H groups in total. The molecule has 18 heteroatoms. The van der Waals surface area contributed by atoms with Gasteiger partial charge in [-0.15, -0.1) is 11.3 Å². The van der Waals surface area contributed by atoms with E-state index < -0.39 is 12.6 Å². The number of unbranched alkanes of at least 4 members (excludes halogenated alkanes) is 5. The first-order valence-corrected chi connectivity index (χ1v) is 23.5. The molecule has 2 saturated heterocycles. The molecule has 2 bridgehead atoms. The predicted octanol–water partition coefficient (Wildman–Crippen LogP) is 5.31. The molecule has 6 heterocycles. The van der Waals surface area contributed by atoms with Gasteiger partial charge in [0.2, 0.25) is 29.5 Å². The second-order valence-corrected chi connectivity index (χ2v) is 18.8. The fraction of sp³-hybridized carbons (Fsp3) is 0.511. The standard InChI is InChI=1S/C45H57Cl2N9O6S/c1-52(2)21-9-11-39(60)56-29-12-14-36(56)45(62)55(25-29)41-15-13-30(63-41)16-20-49-37(58)10-7-5-3-4-6-8-19-48-38(59)27-54-23-18-35(51-54)31-24-33(46)43(47)44-42(31)32-26-53(40(61)28-57)22-17-34(32)50-44/h9,11,13,15,18,23-24,29,36,50,57H,3-8,10,12,14,16-17,19-22,25-28H2,1-2H3,(H,48,59)(H,49,58)/b11-9+. The molecule has 0 radical (unpaired) electrons. The van der Waals surface area contributed by atoms with Crippen LogP contribution in [0.2, 0.25) is 10.0 Å². The lowest BCUT2D eigenvalue weighted by molar-refractivity contribution is -0.137. The Morgan fingerprint density at radius 1 is 1.02 bits per heavy atom. The minimum atomic E-state index is -0.553. The van der Waals surface area contributed by atoms with Crippen LogP contribution in [0.3, 0.4) is 0 Å². The first-order chi connectivity index (χ1) is 30.4. The summed E-state index contributed by atoms with van der Waals surface area (Å²) in [6.07, 6.45) is 14.1. The normalized spacial score (nSPS) is 17.4. The van der Waals surface area contributed by atoms with Gasteiger partial charge in [0.25, 0.3) is 0 Å². The number of carbonyl (C=O) groups is 5. The van der Waals surface area contributed by atoms with Crippen LogP contribution in [-0.4, -0.2) is 130 Å². The molecular weight excluding hydrogens is 866 g/mol. The zero-order chi connectivity index (χ0) is 44.6. The molecule has 3 aliphatic rings. The Bertz CT molecular complexity index is 2340. The molecule has 3 aromatic heterocycles. The average molecular weight is 923 g/mol. The third-order valence-corrected chi connectivity index (χ3v) is 14.0. The maximum Gasteiger partial charge on any atom is 0.250 e. The number of H-pyrrole nitrogens is 1. The predicted molar refractivity (Wildman–Crippen MR) is 246 cm³/mol. The van der Waals surface area contributed by atoms with Crippen LogP contribution in [0, 0.1) is 0 Å². The highest BCUT2D eigenvalue weighted by atomic mass is 35.5. The summed E-state index contributed by atoms with van der Waals surface area (Å²) in [4.78, 5) is 75.6. The molecule has 15 nitrogen and oxygen atoms in total. The molecule has 2 fully saturated rings. The Morgan fingerprint density at radius 3 is 2.59 bits per heavy atom. The summed E-state index contributed by atoms with van der Waals surface area (Å²) in [5, 5.41) is 22.6. The number of halogens is 2. The molecule has 5 amide bonds. The van der Waals surface area contributed by atoms with Crippen LogP contribution < -0.4 is 15.5 Å². The fourth-order valence-electron chi connectivity index (χ4n) is 8.82. The van der Waals surface area contributed by atoms with Gasteiger partial charge in [-0.3, -0.25) is 33.6 Å². The molecule has 1 aromatic carbocycles. The van der Waals surface area contributed by atoms with Gasteiger partial charge in [-0.25, -0.2) is 0 Å². The van der Waals surface area contributed by atoms with Crippen molar-refractivity contribution >= 4 is 80.0 Å². The van der Waals surface area contributed by atoms with Gasteiger partial charge < -0.3 is 35.4 Å². The Morgan fingerprint density at radius 2 is 1.79 bits per heavy atom. The third-order valence-electron chi connectivity index (χ3n) is 12.0. The summed E-state index contributed by atoms with van der Waals surface area (Å²) in [6.45, 7) is 2.61. The van der Waals surface area contributed by atoms with Gasteiger partial charge >= 0.3 is 0 Å². The number of hydrogen-bond donors (Lipinski definition) is 4. The molecule has 0 spiro atoms. The minimum Gasteiger partial charge on any atom is -0.387 e. The van der Waals surface area contributed by atoms with Crippen molar-refractivity contribution < 1.29 is 29.1 Å². The van der Waals surface area contributed by atoms with E-state index in [-0.39, 0.29) is 42.1 Å². The number of thiophene rings is 1. The van der Waals surface area contributed by atoms with E-state index in [1.807, 2.05) is 48.2 Å². The van der Waals surface area contributed by atoms with Gasteiger partial charge in [0, 0.05) is 91.5 Å². The van der Waals surface area contributed by atoms with Gasteiger partial charge in [-0.2, -0.15) is 5.10 Å². The molecule has 7 rings (SSSR count). The second kappa shape index (κ2) is 21.3. The second-order valence-electron chi connectivity index (χ2n) is 16.8. The SMILES string of the molecule is CN(C)C/C=C/C(=O)N1C2CCC1C(=O)N(c1ccc(CCNC(=O)CCCCCCCCNC(=O)Cn3ccc(-c4cc(Cl)c(Cl)c5[nH]c6c(c45)CN(C(=O)CO)CC6)n3)s1)C2. The monoisotopic (exact) mass is 921 g/mol. The number of aromatic amines is 1. The number of benzene rings is 1. The minimum absolute atomic E-state index is 0.0148. The Balaban J connectivity index is 0.752. The van der Waals surface area contributed by atoms with E-state index in [2.05, 4.69) is 20.7 Å².